The summed E-state index contributed by atoms with van der Waals surface area (Å²) in [6.45, 7) is 2.17. The Morgan fingerprint density at radius 2 is 1.88 bits per heavy atom. The zero-order valence-electron chi connectivity index (χ0n) is 13.3. The molecule has 126 valence electrons. The molecule has 0 fully saturated rings. The Labute approximate surface area is 145 Å². The summed E-state index contributed by atoms with van der Waals surface area (Å²) in [7, 11) is 0. The molecule has 6 heteroatoms. The number of benzene rings is 2. The van der Waals surface area contributed by atoms with Gasteiger partial charge >= 0.3 is 5.97 Å². The van der Waals surface area contributed by atoms with Crippen LogP contribution in [-0.4, -0.2) is 31.6 Å². The highest BCUT2D eigenvalue weighted by atomic mass is 35.5. The molecule has 0 bridgehead atoms. The summed E-state index contributed by atoms with van der Waals surface area (Å²) >= 11 is 5.77. The van der Waals surface area contributed by atoms with Gasteiger partial charge in [0.2, 0.25) is 0 Å². The minimum absolute atomic E-state index is 0.305. The molecule has 0 unspecified atom stereocenters. The van der Waals surface area contributed by atoms with Crippen molar-refractivity contribution < 1.29 is 19.1 Å². The first-order chi connectivity index (χ1) is 11.5. The van der Waals surface area contributed by atoms with Gasteiger partial charge in [0.05, 0.1) is 12.1 Å². The maximum Gasteiger partial charge on any atom is 0.338 e. The van der Waals surface area contributed by atoms with Crippen molar-refractivity contribution >= 4 is 23.5 Å². The third-order valence-electron chi connectivity index (χ3n) is 3.09. The molecule has 2 aromatic carbocycles. The first-order valence-corrected chi connectivity index (χ1v) is 7.81. The average Bonchev–Trinajstić information content (AvgIpc) is 2.58. The van der Waals surface area contributed by atoms with Gasteiger partial charge in [0.25, 0.3) is 5.91 Å². The van der Waals surface area contributed by atoms with Crippen molar-refractivity contribution in [3.05, 3.63) is 64.7 Å². The van der Waals surface area contributed by atoms with Crippen LogP contribution in [0.25, 0.3) is 0 Å². The number of hydrogen-bond donors (Lipinski definition) is 1. The molecule has 0 saturated carbocycles. The Bertz CT molecular complexity index is 700. The number of rotatable bonds is 7. The van der Waals surface area contributed by atoms with E-state index in [4.69, 9.17) is 21.1 Å². The molecule has 0 spiro atoms. The third-order valence-corrected chi connectivity index (χ3v) is 3.35. The summed E-state index contributed by atoms with van der Waals surface area (Å²) in [6.07, 6.45) is 0. The predicted molar refractivity (Wildman–Crippen MR) is 91.4 cm³/mol. The number of carbonyl (C=O) groups excluding carboxylic acids is 2. The fraction of sp³-hybridized carbons (Fsp3) is 0.222. The predicted octanol–water partition coefficient (Wildman–Crippen LogP) is 3.00. The average molecular weight is 348 g/mol. The normalized spacial score (nSPS) is 10.1. The van der Waals surface area contributed by atoms with Gasteiger partial charge in [0, 0.05) is 5.02 Å². The van der Waals surface area contributed by atoms with Crippen LogP contribution >= 0.6 is 11.6 Å². The van der Waals surface area contributed by atoms with Crippen molar-refractivity contribution in [1.29, 1.82) is 0 Å². The molecular weight excluding hydrogens is 330 g/mol. The summed E-state index contributed by atoms with van der Waals surface area (Å²) in [4.78, 5) is 23.4. The topological polar surface area (TPSA) is 64.6 Å². The second-order valence-electron chi connectivity index (χ2n) is 5.10. The maximum atomic E-state index is 11.8. The Kier molecular flexibility index (Phi) is 6.63. The molecular formula is C18H18ClNO4. The van der Waals surface area contributed by atoms with Crippen molar-refractivity contribution in [3.63, 3.8) is 0 Å². The van der Waals surface area contributed by atoms with Gasteiger partial charge in [-0.2, -0.15) is 0 Å². The number of esters is 1. The second kappa shape index (κ2) is 8.93. The van der Waals surface area contributed by atoms with E-state index in [1.54, 1.807) is 42.5 Å². The molecule has 5 nitrogen and oxygen atoms in total. The Hall–Kier alpha value is -2.53. The van der Waals surface area contributed by atoms with Gasteiger partial charge in [-0.05, 0) is 43.3 Å². The number of ether oxygens (including phenoxy) is 2. The molecule has 0 aromatic heterocycles. The Morgan fingerprint density at radius 3 is 2.58 bits per heavy atom. The van der Waals surface area contributed by atoms with E-state index in [0.29, 0.717) is 29.5 Å². The van der Waals surface area contributed by atoms with Gasteiger partial charge in [0.1, 0.15) is 12.4 Å². The maximum absolute atomic E-state index is 11.8. The van der Waals surface area contributed by atoms with Crippen LogP contribution in [-0.2, 0) is 9.53 Å². The van der Waals surface area contributed by atoms with Crippen LogP contribution in [0.1, 0.15) is 15.9 Å². The van der Waals surface area contributed by atoms with Crippen molar-refractivity contribution in [2.75, 3.05) is 19.8 Å². The van der Waals surface area contributed by atoms with Crippen molar-refractivity contribution in [2.45, 2.75) is 6.92 Å². The highest BCUT2D eigenvalue weighted by Crippen LogP contribution is 2.15. The number of hydrogen-bond acceptors (Lipinski definition) is 4. The Balaban J connectivity index is 1.64. The van der Waals surface area contributed by atoms with E-state index in [1.165, 1.54) is 0 Å². The smallest absolute Gasteiger partial charge is 0.338 e. The fourth-order valence-corrected chi connectivity index (χ4v) is 2.05. The number of nitrogens with one attached hydrogen (secondary N) is 1. The SMILES string of the molecule is Cc1cccc(C(=O)OCC(=O)NCCOc2ccc(Cl)cc2)c1. The van der Waals surface area contributed by atoms with Crippen molar-refractivity contribution in [1.82, 2.24) is 5.32 Å². The lowest BCUT2D eigenvalue weighted by molar-refractivity contribution is -0.124. The zero-order chi connectivity index (χ0) is 17.4. The molecule has 2 rings (SSSR count). The molecule has 0 radical (unpaired) electrons. The van der Waals surface area contributed by atoms with Crippen LogP contribution in [0.15, 0.2) is 48.5 Å². The monoisotopic (exact) mass is 347 g/mol. The summed E-state index contributed by atoms with van der Waals surface area (Å²) in [5, 5.41) is 3.25. The minimum Gasteiger partial charge on any atom is -0.492 e. The van der Waals surface area contributed by atoms with E-state index in [2.05, 4.69) is 5.32 Å². The number of aryl methyl sites for hydroxylation is 1. The molecule has 1 N–H and O–H groups in total. The molecule has 0 aliphatic heterocycles. The van der Waals surface area contributed by atoms with Crippen molar-refractivity contribution in [3.8, 4) is 5.75 Å². The first kappa shape index (κ1) is 17.8. The van der Waals surface area contributed by atoms with E-state index in [0.717, 1.165) is 5.56 Å². The van der Waals surface area contributed by atoms with Gasteiger partial charge in [-0.3, -0.25) is 4.79 Å². The lowest BCUT2D eigenvalue weighted by atomic mass is 10.1. The molecule has 2 aromatic rings. The molecule has 0 aliphatic rings. The Morgan fingerprint density at radius 1 is 1.12 bits per heavy atom. The molecule has 0 heterocycles. The van der Waals surface area contributed by atoms with E-state index in [-0.39, 0.29) is 12.5 Å². The third kappa shape index (κ3) is 5.93. The van der Waals surface area contributed by atoms with Crippen LogP contribution in [0.2, 0.25) is 5.02 Å². The number of amides is 1. The molecule has 1 amide bonds. The quantitative estimate of drug-likeness (QED) is 0.617. The highest BCUT2D eigenvalue weighted by molar-refractivity contribution is 6.30. The van der Waals surface area contributed by atoms with Crippen LogP contribution in [0.4, 0.5) is 0 Å². The highest BCUT2D eigenvalue weighted by Gasteiger charge is 2.09. The number of halogens is 1. The first-order valence-electron chi connectivity index (χ1n) is 7.43. The second-order valence-corrected chi connectivity index (χ2v) is 5.53. The minimum atomic E-state index is -0.522. The van der Waals surface area contributed by atoms with Crippen LogP contribution in [0.5, 0.6) is 5.75 Å². The van der Waals surface area contributed by atoms with Gasteiger partial charge < -0.3 is 14.8 Å². The standard InChI is InChI=1S/C18H18ClNO4/c1-13-3-2-4-14(11-13)18(22)24-12-17(21)20-9-10-23-16-7-5-15(19)6-8-16/h2-8,11H,9-10,12H2,1H3,(H,20,21). The molecule has 0 saturated heterocycles. The largest absolute Gasteiger partial charge is 0.492 e. The zero-order valence-corrected chi connectivity index (χ0v) is 14.0. The summed E-state index contributed by atoms with van der Waals surface area (Å²) in [5.41, 5.74) is 1.38. The molecule has 24 heavy (non-hydrogen) atoms. The lowest BCUT2D eigenvalue weighted by Gasteiger charge is -2.08. The van der Waals surface area contributed by atoms with Gasteiger partial charge in [-0.1, -0.05) is 29.3 Å². The van der Waals surface area contributed by atoms with Crippen LogP contribution < -0.4 is 10.1 Å². The molecule has 0 atom stereocenters. The van der Waals surface area contributed by atoms with E-state index >= 15 is 0 Å². The van der Waals surface area contributed by atoms with Gasteiger partial charge in [-0.25, -0.2) is 4.79 Å². The van der Waals surface area contributed by atoms with Crippen LogP contribution in [0, 0.1) is 6.92 Å². The fourth-order valence-electron chi connectivity index (χ4n) is 1.93. The summed E-state index contributed by atoms with van der Waals surface area (Å²) < 4.78 is 10.4. The number of carbonyl (C=O) groups is 2. The van der Waals surface area contributed by atoms with Gasteiger partial charge in [0.15, 0.2) is 6.61 Å². The summed E-state index contributed by atoms with van der Waals surface area (Å²) in [6, 6.07) is 13.9. The molecule has 0 aliphatic carbocycles. The van der Waals surface area contributed by atoms with E-state index in [1.807, 2.05) is 13.0 Å². The lowest BCUT2D eigenvalue weighted by Crippen LogP contribution is -2.32. The van der Waals surface area contributed by atoms with Crippen molar-refractivity contribution in [2.24, 2.45) is 0 Å². The van der Waals surface area contributed by atoms with E-state index < -0.39 is 5.97 Å². The summed E-state index contributed by atoms with van der Waals surface area (Å²) in [5.74, 6) is -0.235. The van der Waals surface area contributed by atoms with E-state index in [9.17, 15) is 9.59 Å². The van der Waals surface area contributed by atoms with Crippen LogP contribution in [0.3, 0.4) is 0 Å². The van der Waals surface area contributed by atoms with Gasteiger partial charge in [-0.15, -0.1) is 0 Å².